The smallest absolute Gasteiger partial charge is 0.394 e. The average molecular weight is 837 g/mol. The van der Waals surface area contributed by atoms with Gasteiger partial charge in [0.2, 0.25) is 11.6 Å². The fourth-order valence-corrected chi connectivity index (χ4v) is 14.8. The molecule has 322 valence electrons. The molecule has 0 aromatic heterocycles. The fraction of sp³-hybridized carbons (Fsp3) is 0.739. The number of fused-ring (bicyclic) bond motifs is 7. The van der Waals surface area contributed by atoms with Crippen molar-refractivity contribution in [3.05, 3.63) is 48.5 Å². The molecule has 13 rings (SSSR count). The number of hydrogen-bond donors (Lipinski definition) is 0. The molecule has 9 aliphatic heterocycles. The van der Waals surface area contributed by atoms with E-state index in [0.29, 0.717) is 36.2 Å². The van der Waals surface area contributed by atoms with Crippen molar-refractivity contribution in [2.24, 2.45) is 53.3 Å². The molecule has 59 heavy (non-hydrogen) atoms. The van der Waals surface area contributed by atoms with E-state index >= 15 is 0 Å². The van der Waals surface area contributed by atoms with Gasteiger partial charge in [-0.1, -0.05) is 64.1 Å². The topological polar surface area (TPSA) is 119 Å². The fourth-order valence-electron chi connectivity index (χ4n) is 13.4. The molecule has 2 aromatic rings. The van der Waals surface area contributed by atoms with Gasteiger partial charge in [0.1, 0.15) is 11.5 Å². The summed E-state index contributed by atoms with van der Waals surface area (Å²) in [4.78, 5) is 25.2. The Hall–Kier alpha value is -2.09. The highest BCUT2D eigenvalue weighted by Crippen LogP contribution is 2.64. The minimum Gasteiger partial charge on any atom is -0.394 e. The van der Waals surface area contributed by atoms with Gasteiger partial charge in [0.05, 0.1) is 18.8 Å². The van der Waals surface area contributed by atoms with Gasteiger partial charge in [0.25, 0.3) is 0 Å². The summed E-state index contributed by atoms with van der Waals surface area (Å²) in [6.45, 7) is 13.3. The summed E-state index contributed by atoms with van der Waals surface area (Å²) in [6, 6.07) is 15.1. The maximum atomic E-state index is 14.8. The van der Waals surface area contributed by atoms with Crippen LogP contribution in [0.3, 0.4) is 0 Å². The van der Waals surface area contributed by atoms with Crippen LogP contribution in [0.15, 0.2) is 48.5 Å². The van der Waals surface area contributed by atoms with Crippen LogP contribution in [0.4, 0.5) is 0 Å². The molecular weight excluding hydrogens is 775 g/mol. The quantitative estimate of drug-likeness (QED) is 0.195. The predicted molar refractivity (Wildman–Crippen MR) is 213 cm³/mol. The number of phosphoric acid groups is 1. The monoisotopic (exact) mass is 836 g/mol. The van der Waals surface area contributed by atoms with Gasteiger partial charge < -0.3 is 28.0 Å². The third-order valence-electron chi connectivity index (χ3n) is 16.7. The number of para-hydroxylation sites is 2. The van der Waals surface area contributed by atoms with Crippen molar-refractivity contribution < 1.29 is 56.6 Å². The number of ether oxygens (including phenoxy) is 4. The van der Waals surface area contributed by atoms with Crippen molar-refractivity contribution in [1.29, 1.82) is 0 Å². The number of rotatable bonds is 7. The van der Waals surface area contributed by atoms with Crippen molar-refractivity contribution in [3.63, 3.8) is 0 Å². The first-order chi connectivity index (χ1) is 28.3. The molecular formula is C46H61O12P. The van der Waals surface area contributed by atoms with Crippen molar-refractivity contribution in [2.75, 3.05) is 6.61 Å². The van der Waals surface area contributed by atoms with Gasteiger partial charge in [0.15, 0.2) is 23.8 Å². The van der Waals surface area contributed by atoms with Crippen LogP contribution in [-0.2, 0) is 47.6 Å². The van der Waals surface area contributed by atoms with Crippen LogP contribution in [0.1, 0.15) is 106 Å². The van der Waals surface area contributed by atoms with Crippen LogP contribution < -0.4 is 9.05 Å². The Bertz CT molecular complexity index is 1850. The molecule has 12 nitrogen and oxygen atoms in total. The highest BCUT2D eigenvalue weighted by atomic mass is 31.2. The first-order valence-corrected chi connectivity index (χ1v) is 24.0. The summed E-state index contributed by atoms with van der Waals surface area (Å²) in [6.07, 6.45) is 7.39. The van der Waals surface area contributed by atoms with Gasteiger partial charge in [-0.25, -0.2) is 24.1 Å². The van der Waals surface area contributed by atoms with Crippen LogP contribution in [0.25, 0.3) is 11.1 Å². The SMILES string of the molecule is C[C@H]1[C@@H](CC(COP2(=O)Oc3ccccc3-c3ccccc3O2)C[C@H]2O[C@@H]3O[C@@]4(C)CC[C@H]5[C@H](C)CC[C@@H]([C@H]2C)[C@@]35OO4)O[C@@H]2O[C@@]3(C)CC[C@H]4[C@H](C)CC[C@@H]1[C@@]24OO3. The van der Waals surface area contributed by atoms with Crippen LogP contribution in [0.5, 0.6) is 11.5 Å². The van der Waals surface area contributed by atoms with Crippen LogP contribution in [0, 0.1) is 53.3 Å². The molecule has 2 spiro atoms. The Morgan fingerprint density at radius 1 is 0.627 bits per heavy atom. The van der Waals surface area contributed by atoms with Crippen molar-refractivity contribution in [2.45, 2.75) is 153 Å². The molecule has 2 aliphatic carbocycles. The Labute approximate surface area is 348 Å². The second kappa shape index (κ2) is 14.2. The molecule has 8 saturated heterocycles. The number of hydrogen-bond acceptors (Lipinski definition) is 12. The summed E-state index contributed by atoms with van der Waals surface area (Å²) in [5.74, 6) is 1.07. The van der Waals surface area contributed by atoms with Gasteiger partial charge in [-0.15, -0.1) is 0 Å². The van der Waals surface area contributed by atoms with Gasteiger partial charge in [-0.2, -0.15) is 0 Å². The number of benzene rings is 2. The predicted octanol–water partition coefficient (Wildman–Crippen LogP) is 10.1. The van der Waals surface area contributed by atoms with Crippen LogP contribution in [0.2, 0.25) is 0 Å². The molecule has 0 radical (unpaired) electrons. The summed E-state index contributed by atoms with van der Waals surface area (Å²) in [5, 5.41) is 0. The van der Waals surface area contributed by atoms with E-state index in [1.807, 2.05) is 62.4 Å². The molecule has 2 aromatic carbocycles. The van der Waals surface area contributed by atoms with E-state index < -0.39 is 43.2 Å². The normalized spacial score (nSPS) is 48.0. The lowest BCUT2D eigenvalue weighted by atomic mass is 9.56. The number of phosphoric ester groups is 1. The Morgan fingerprint density at radius 3 is 1.56 bits per heavy atom. The van der Waals surface area contributed by atoms with Crippen molar-refractivity contribution in [3.8, 4) is 22.6 Å². The van der Waals surface area contributed by atoms with Gasteiger partial charge in [0, 0.05) is 35.8 Å². The van der Waals surface area contributed by atoms with E-state index in [-0.39, 0.29) is 60.2 Å². The third-order valence-corrected chi connectivity index (χ3v) is 18.0. The summed E-state index contributed by atoms with van der Waals surface area (Å²) >= 11 is 0. The summed E-state index contributed by atoms with van der Waals surface area (Å²) < 4.78 is 61.6. The molecule has 0 amide bonds. The molecule has 16 atom stereocenters. The van der Waals surface area contributed by atoms with Crippen LogP contribution in [-0.4, -0.2) is 54.2 Å². The van der Waals surface area contributed by atoms with Gasteiger partial charge in [-0.05, 0) is 119 Å². The van der Waals surface area contributed by atoms with E-state index in [1.165, 1.54) is 0 Å². The second-order valence-corrected chi connectivity index (χ2v) is 21.7. The second-order valence-electron chi connectivity index (χ2n) is 20.1. The van der Waals surface area contributed by atoms with E-state index in [0.717, 1.165) is 62.5 Å². The highest BCUT2D eigenvalue weighted by Gasteiger charge is 2.71. The largest absolute Gasteiger partial charge is 0.587 e. The first-order valence-electron chi connectivity index (χ1n) is 22.5. The van der Waals surface area contributed by atoms with Crippen LogP contribution >= 0.6 is 7.82 Å². The van der Waals surface area contributed by atoms with Gasteiger partial charge in [-0.3, -0.25) is 4.52 Å². The lowest BCUT2D eigenvalue weighted by Gasteiger charge is -2.61. The van der Waals surface area contributed by atoms with Crippen molar-refractivity contribution in [1.82, 2.24) is 0 Å². The Balaban J connectivity index is 0.913. The highest BCUT2D eigenvalue weighted by molar-refractivity contribution is 7.49. The van der Waals surface area contributed by atoms with Crippen molar-refractivity contribution >= 4 is 7.82 Å². The summed E-state index contributed by atoms with van der Waals surface area (Å²) in [5.41, 5.74) is 0.268. The maximum absolute atomic E-state index is 14.8. The zero-order valence-electron chi connectivity index (χ0n) is 35.2. The van der Waals surface area contributed by atoms with E-state index in [2.05, 4.69) is 27.7 Å². The molecule has 10 fully saturated rings. The van der Waals surface area contributed by atoms with E-state index in [4.69, 9.17) is 52.1 Å². The summed E-state index contributed by atoms with van der Waals surface area (Å²) in [7, 11) is -4.16. The Kier molecular flexibility index (Phi) is 9.57. The first kappa shape index (κ1) is 39.7. The maximum Gasteiger partial charge on any atom is 0.587 e. The minimum atomic E-state index is -4.16. The molecule has 13 heteroatoms. The third kappa shape index (κ3) is 6.20. The molecule has 9 heterocycles. The molecule has 4 bridgehead atoms. The lowest BCUT2D eigenvalue weighted by molar-refractivity contribution is -0.571. The average Bonchev–Trinajstić information content (AvgIpc) is 3.64. The minimum absolute atomic E-state index is 0.0947. The Morgan fingerprint density at radius 2 is 1.08 bits per heavy atom. The molecule has 0 N–H and O–H groups in total. The zero-order valence-corrected chi connectivity index (χ0v) is 36.1. The standard InChI is InChI=1S/C46H61O12P/c1-26-15-17-35-28(3)39(49-41-45(35)33(26)19-21-43(5,51-41)55-57-45)23-30(25-48-59(47)53-37-13-9-7-11-31(37)32-12-8-10-14-38(32)54-59)24-40-29(4)36-18-16-27(2)34-20-22-44(6)52-42(50-40)46(34,36)58-56-44/h7-14,26-30,33-36,39-42H,15-25H2,1-6H3/t26-,27-,28-,29-,33+,34+,35+,36+,39-,40-,41-,42-,43-,44-,45-,46-/m1/s1. The van der Waals surface area contributed by atoms with E-state index in [1.54, 1.807) is 0 Å². The van der Waals surface area contributed by atoms with Gasteiger partial charge >= 0.3 is 7.82 Å². The lowest BCUT2D eigenvalue weighted by Crippen LogP contribution is -2.70. The van der Waals surface area contributed by atoms with E-state index in [9.17, 15) is 4.57 Å². The molecule has 2 saturated carbocycles. The molecule has 11 aliphatic rings. The molecule has 0 unspecified atom stereocenters. The zero-order chi connectivity index (χ0) is 40.5.